The molecule has 0 saturated carbocycles. The van der Waals surface area contributed by atoms with Gasteiger partial charge in [-0.05, 0) is 36.8 Å². The fourth-order valence-electron chi connectivity index (χ4n) is 2.29. The molecule has 0 aliphatic heterocycles. The summed E-state index contributed by atoms with van der Waals surface area (Å²) in [6.45, 7) is 1.73. The van der Waals surface area contributed by atoms with Crippen molar-refractivity contribution in [3.63, 3.8) is 0 Å². The molecule has 5 heteroatoms. The SMILES string of the molecule is COC(=O)C(C)c1ccc2oc3ncccc3c(=O)c2c1. The van der Waals surface area contributed by atoms with Crippen molar-refractivity contribution < 1.29 is 13.9 Å². The number of nitrogens with zero attached hydrogens (tertiary/aromatic N) is 1. The summed E-state index contributed by atoms with van der Waals surface area (Å²) in [5.41, 5.74) is 1.32. The van der Waals surface area contributed by atoms with Gasteiger partial charge in [-0.2, -0.15) is 0 Å². The van der Waals surface area contributed by atoms with Crippen molar-refractivity contribution in [1.82, 2.24) is 4.98 Å². The molecule has 0 aliphatic carbocycles. The first-order valence-corrected chi connectivity index (χ1v) is 6.51. The Morgan fingerprint density at radius 3 is 2.86 bits per heavy atom. The average Bonchev–Trinajstić information content (AvgIpc) is 2.53. The Morgan fingerprint density at radius 2 is 2.10 bits per heavy atom. The number of fused-ring (bicyclic) bond motifs is 2. The molecular weight excluding hydrogens is 270 g/mol. The van der Waals surface area contributed by atoms with E-state index >= 15 is 0 Å². The molecule has 0 amide bonds. The molecule has 21 heavy (non-hydrogen) atoms. The van der Waals surface area contributed by atoms with E-state index in [1.807, 2.05) is 0 Å². The molecule has 0 aliphatic rings. The minimum Gasteiger partial charge on any atom is -0.469 e. The van der Waals surface area contributed by atoms with Gasteiger partial charge in [0, 0.05) is 6.20 Å². The van der Waals surface area contributed by atoms with Crippen LogP contribution in [0.1, 0.15) is 18.4 Å². The zero-order valence-corrected chi connectivity index (χ0v) is 11.6. The lowest BCUT2D eigenvalue weighted by Gasteiger charge is -2.10. The lowest BCUT2D eigenvalue weighted by atomic mass is 9.99. The maximum Gasteiger partial charge on any atom is 0.312 e. The zero-order chi connectivity index (χ0) is 15.0. The minimum atomic E-state index is -0.441. The lowest BCUT2D eigenvalue weighted by Crippen LogP contribution is -2.11. The summed E-state index contributed by atoms with van der Waals surface area (Å²) < 4.78 is 10.3. The Labute approximate surface area is 120 Å². The number of benzene rings is 1. The van der Waals surface area contributed by atoms with Crippen molar-refractivity contribution in [3.05, 3.63) is 52.3 Å². The van der Waals surface area contributed by atoms with Crippen LogP contribution < -0.4 is 5.43 Å². The molecule has 0 fully saturated rings. The number of esters is 1. The molecule has 2 aromatic heterocycles. The quantitative estimate of drug-likeness (QED) is 0.534. The normalized spacial score (nSPS) is 12.5. The molecule has 0 saturated heterocycles. The smallest absolute Gasteiger partial charge is 0.312 e. The van der Waals surface area contributed by atoms with Gasteiger partial charge < -0.3 is 9.15 Å². The van der Waals surface area contributed by atoms with Gasteiger partial charge in [-0.1, -0.05) is 6.07 Å². The van der Waals surface area contributed by atoms with Crippen molar-refractivity contribution in [2.45, 2.75) is 12.8 Å². The van der Waals surface area contributed by atoms with Crippen LogP contribution in [0.5, 0.6) is 0 Å². The largest absolute Gasteiger partial charge is 0.469 e. The molecule has 106 valence electrons. The fraction of sp³-hybridized carbons (Fsp3) is 0.188. The number of rotatable bonds is 2. The second kappa shape index (κ2) is 5.01. The van der Waals surface area contributed by atoms with Gasteiger partial charge in [0.25, 0.3) is 0 Å². The first kappa shape index (κ1) is 13.3. The predicted molar refractivity (Wildman–Crippen MR) is 78.2 cm³/mol. The van der Waals surface area contributed by atoms with Crippen molar-refractivity contribution in [3.8, 4) is 0 Å². The predicted octanol–water partition coefficient (Wildman–Crippen LogP) is 2.62. The highest BCUT2D eigenvalue weighted by atomic mass is 16.5. The van der Waals surface area contributed by atoms with Gasteiger partial charge in [-0.25, -0.2) is 4.98 Å². The molecule has 0 spiro atoms. The van der Waals surface area contributed by atoms with Crippen LogP contribution in [-0.4, -0.2) is 18.1 Å². The van der Waals surface area contributed by atoms with Gasteiger partial charge in [0.1, 0.15) is 5.58 Å². The Kier molecular flexibility index (Phi) is 3.17. The van der Waals surface area contributed by atoms with E-state index in [4.69, 9.17) is 9.15 Å². The molecular formula is C16H13NO4. The van der Waals surface area contributed by atoms with Gasteiger partial charge in [0.15, 0.2) is 0 Å². The van der Waals surface area contributed by atoms with Crippen LogP contribution >= 0.6 is 0 Å². The van der Waals surface area contributed by atoms with Crippen molar-refractivity contribution >= 4 is 28.0 Å². The van der Waals surface area contributed by atoms with E-state index in [9.17, 15) is 9.59 Å². The van der Waals surface area contributed by atoms with Gasteiger partial charge >= 0.3 is 5.97 Å². The standard InChI is InChI=1S/C16H13NO4/c1-9(16(19)20-2)10-5-6-13-12(8-10)14(18)11-4-3-7-17-15(11)21-13/h3-9H,1-2H3. The molecule has 0 bridgehead atoms. The zero-order valence-electron chi connectivity index (χ0n) is 11.6. The average molecular weight is 283 g/mol. The maximum absolute atomic E-state index is 12.5. The number of aromatic nitrogens is 1. The maximum atomic E-state index is 12.5. The summed E-state index contributed by atoms with van der Waals surface area (Å²) in [6.07, 6.45) is 1.57. The highest BCUT2D eigenvalue weighted by Gasteiger charge is 2.17. The summed E-state index contributed by atoms with van der Waals surface area (Å²) in [4.78, 5) is 28.1. The molecule has 1 aromatic carbocycles. The van der Waals surface area contributed by atoms with E-state index in [1.54, 1.807) is 43.5 Å². The van der Waals surface area contributed by atoms with Crippen LogP contribution in [0.15, 0.2) is 45.7 Å². The molecule has 0 N–H and O–H groups in total. The summed E-state index contributed by atoms with van der Waals surface area (Å²) >= 11 is 0. The minimum absolute atomic E-state index is 0.154. The third-order valence-corrected chi connectivity index (χ3v) is 3.53. The van der Waals surface area contributed by atoms with E-state index in [0.717, 1.165) is 0 Å². The van der Waals surface area contributed by atoms with E-state index in [0.29, 0.717) is 27.6 Å². The van der Waals surface area contributed by atoms with Crippen molar-refractivity contribution in [1.29, 1.82) is 0 Å². The molecule has 0 radical (unpaired) electrons. The number of methoxy groups -OCH3 is 1. The summed E-state index contributed by atoms with van der Waals surface area (Å²) in [7, 11) is 1.34. The van der Waals surface area contributed by atoms with Crippen LogP contribution in [0.25, 0.3) is 22.1 Å². The second-order valence-corrected chi connectivity index (χ2v) is 4.79. The third kappa shape index (κ3) is 2.16. The Balaban J connectivity index is 2.26. The second-order valence-electron chi connectivity index (χ2n) is 4.79. The van der Waals surface area contributed by atoms with Gasteiger partial charge in [-0.3, -0.25) is 9.59 Å². The Bertz CT molecular complexity index is 898. The van der Waals surface area contributed by atoms with E-state index < -0.39 is 5.92 Å². The summed E-state index contributed by atoms with van der Waals surface area (Å²) in [5.74, 6) is -0.787. The Hall–Kier alpha value is -2.69. The molecule has 1 unspecified atom stereocenters. The number of carbonyl (C=O) groups excluding carboxylic acids is 1. The van der Waals surface area contributed by atoms with Crippen LogP contribution in [-0.2, 0) is 9.53 Å². The molecule has 3 aromatic rings. The van der Waals surface area contributed by atoms with E-state index in [1.165, 1.54) is 7.11 Å². The number of carbonyl (C=O) groups is 1. The highest BCUT2D eigenvalue weighted by molar-refractivity contribution is 5.89. The molecule has 1 atom stereocenters. The number of ether oxygens (including phenoxy) is 1. The van der Waals surface area contributed by atoms with Crippen molar-refractivity contribution in [2.75, 3.05) is 7.11 Å². The van der Waals surface area contributed by atoms with Gasteiger partial charge in [-0.15, -0.1) is 0 Å². The highest BCUT2D eigenvalue weighted by Crippen LogP contribution is 2.23. The van der Waals surface area contributed by atoms with Crippen molar-refractivity contribution in [2.24, 2.45) is 0 Å². The van der Waals surface area contributed by atoms with Gasteiger partial charge in [0.05, 0.1) is 23.8 Å². The first-order chi connectivity index (χ1) is 10.1. The molecule has 2 heterocycles. The van der Waals surface area contributed by atoms with Crippen LogP contribution in [0.2, 0.25) is 0 Å². The third-order valence-electron chi connectivity index (χ3n) is 3.53. The number of pyridine rings is 1. The van der Waals surface area contributed by atoms with E-state index in [2.05, 4.69) is 4.98 Å². The molecule has 5 nitrogen and oxygen atoms in total. The molecule has 3 rings (SSSR count). The number of hydrogen-bond acceptors (Lipinski definition) is 5. The van der Waals surface area contributed by atoms with Crippen LogP contribution in [0, 0.1) is 0 Å². The first-order valence-electron chi connectivity index (χ1n) is 6.51. The monoisotopic (exact) mass is 283 g/mol. The van der Waals surface area contributed by atoms with Crippen LogP contribution in [0.3, 0.4) is 0 Å². The lowest BCUT2D eigenvalue weighted by molar-refractivity contribution is -0.141. The van der Waals surface area contributed by atoms with Gasteiger partial charge in [0.2, 0.25) is 11.1 Å². The number of hydrogen-bond donors (Lipinski definition) is 0. The van der Waals surface area contributed by atoms with E-state index in [-0.39, 0.29) is 11.4 Å². The fourth-order valence-corrected chi connectivity index (χ4v) is 2.29. The van der Waals surface area contributed by atoms with Crippen LogP contribution in [0.4, 0.5) is 0 Å². The topological polar surface area (TPSA) is 69.4 Å². The summed E-state index contributed by atoms with van der Waals surface area (Å²) in [5, 5.41) is 0.858. The summed E-state index contributed by atoms with van der Waals surface area (Å²) in [6, 6.07) is 8.46. The Morgan fingerprint density at radius 1 is 1.29 bits per heavy atom.